The second-order valence-electron chi connectivity index (χ2n) is 5.52. The van der Waals surface area contributed by atoms with E-state index in [1.54, 1.807) is 6.92 Å². The molecule has 0 aliphatic rings. The molecule has 0 spiro atoms. The second-order valence-corrected chi connectivity index (χ2v) is 7.61. The van der Waals surface area contributed by atoms with E-state index in [0.29, 0.717) is 0 Å². The van der Waals surface area contributed by atoms with Gasteiger partial charge < -0.3 is 9.47 Å². The van der Waals surface area contributed by atoms with Crippen molar-refractivity contribution < 1.29 is 22.7 Å². The van der Waals surface area contributed by atoms with Crippen LogP contribution in [0.2, 0.25) is 5.02 Å². The number of pyridine rings is 1. The first kappa shape index (κ1) is 20.2. The van der Waals surface area contributed by atoms with E-state index in [-0.39, 0.29) is 34.6 Å². The summed E-state index contributed by atoms with van der Waals surface area (Å²) in [5, 5.41) is 0.196. The molecular weight excluding hydrogens is 380 g/mol. The topological polar surface area (TPSA) is 94.6 Å². The van der Waals surface area contributed by atoms with Crippen molar-refractivity contribution in [3.05, 3.63) is 52.3 Å². The molecule has 0 fully saturated rings. The van der Waals surface area contributed by atoms with Crippen LogP contribution in [0.4, 0.5) is 0 Å². The zero-order valence-corrected chi connectivity index (χ0v) is 16.1. The fourth-order valence-electron chi connectivity index (χ4n) is 2.02. The summed E-state index contributed by atoms with van der Waals surface area (Å²) >= 11 is 5.91. The molecule has 1 aromatic heterocycles. The zero-order valence-electron chi connectivity index (χ0n) is 14.6. The Morgan fingerprint density at radius 1 is 1.19 bits per heavy atom. The van der Waals surface area contributed by atoms with Crippen molar-refractivity contribution in [2.24, 2.45) is 0 Å². The number of amides is 1. The van der Waals surface area contributed by atoms with Crippen LogP contribution in [0.25, 0.3) is 0 Å². The van der Waals surface area contributed by atoms with E-state index < -0.39 is 15.9 Å². The van der Waals surface area contributed by atoms with Crippen molar-refractivity contribution in [2.75, 3.05) is 20.3 Å². The Kier molecular flexibility index (Phi) is 6.57. The molecule has 0 aliphatic carbocycles. The fourth-order valence-corrected chi connectivity index (χ4v) is 3.39. The second kappa shape index (κ2) is 8.48. The third-order valence-corrected chi connectivity index (χ3v) is 5.16. The largest absolute Gasteiger partial charge is 0.490 e. The van der Waals surface area contributed by atoms with Crippen molar-refractivity contribution in [3.63, 3.8) is 0 Å². The monoisotopic (exact) mass is 398 g/mol. The lowest BCUT2D eigenvalue weighted by Crippen LogP contribution is -2.31. The molecule has 1 heterocycles. The molecule has 0 saturated heterocycles. The molecule has 1 aromatic carbocycles. The Morgan fingerprint density at radius 2 is 1.92 bits per heavy atom. The van der Waals surface area contributed by atoms with Gasteiger partial charge in [-0.25, -0.2) is 13.1 Å². The van der Waals surface area contributed by atoms with Crippen LogP contribution in [0.3, 0.4) is 0 Å². The van der Waals surface area contributed by atoms with Crippen LogP contribution < -0.4 is 9.46 Å². The Balaban J connectivity index is 2.30. The van der Waals surface area contributed by atoms with Crippen LogP contribution >= 0.6 is 11.6 Å². The van der Waals surface area contributed by atoms with Crippen molar-refractivity contribution >= 4 is 27.5 Å². The number of sulfonamides is 1. The molecule has 9 heteroatoms. The summed E-state index contributed by atoms with van der Waals surface area (Å²) < 4.78 is 37.6. The maximum Gasteiger partial charge on any atom is 0.283 e. The van der Waals surface area contributed by atoms with E-state index in [1.807, 2.05) is 11.6 Å². The fraction of sp³-hybridized carbons (Fsp3) is 0.294. The zero-order chi connectivity index (χ0) is 19.3. The first-order valence-corrected chi connectivity index (χ1v) is 9.52. The Labute approximate surface area is 157 Å². The number of carbonyl (C=O) groups is 1. The predicted octanol–water partition coefficient (Wildman–Crippen LogP) is 2.50. The molecule has 1 amide bonds. The van der Waals surface area contributed by atoms with Crippen molar-refractivity contribution in [1.82, 2.24) is 9.71 Å². The van der Waals surface area contributed by atoms with Gasteiger partial charge in [0, 0.05) is 18.3 Å². The van der Waals surface area contributed by atoms with Gasteiger partial charge >= 0.3 is 0 Å². The van der Waals surface area contributed by atoms with E-state index in [1.165, 1.54) is 37.6 Å². The molecule has 0 bridgehead atoms. The summed E-state index contributed by atoms with van der Waals surface area (Å²) in [6.45, 7) is 4.08. The Bertz CT molecular complexity index is 915. The molecule has 140 valence electrons. The number of aromatic nitrogens is 1. The molecule has 7 nitrogen and oxygen atoms in total. The van der Waals surface area contributed by atoms with Crippen LogP contribution in [-0.4, -0.2) is 39.6 Å². The summed E-state index contributed by atoms with van der Waals surface area (Å²) in [5.74, 6) is -0.768. The average Bonchev–Trinajstić information content (AvgIpc) is 2.58. The van der Waals surface area contributed by atoms with Crippen LogP contribution in [-0.2, 0) is 14.8 Å². The number of nitrogens with zero attached hydrogens (tertiary/aromatic N) is 1. The molecule has 0 saturated carbocycles. The highest BCUT2D eigenvalue weighted by Gasteiger charge is 2.24. The summed E-state index contributed by atoms with van der Waals surface area (Å²) in [5.41, 5.74) is 1.72. The number of benzene rings is 1. The van der Waals surface area contributed by atoms with Gasteiger partial charge in [0.25, 0.3) is 15.9 Å². The minimum atomic E-state index is -4.21. The Hall–Kier alpha value is -2.16. The minimum Gasteiger partial charge on any atom is -0.490 e. The predicted molar refractivity (Wildman–Crippen MR) is 97.2 cm³/mol. The van der Waals surface area contributed by atoms with E-state index in [0.717, 1.165) is 11.1 Å². The maximum atomic E-state index is 12.6. The number of nitrogens with one attached hydrogen (secondary N) is 1. The molecule has 2 aromatic rings. The summed E-state index contributed by atoms with van der Waals surface area (Å²) in [7, 11) is -2.71. The maximum absolute atomic E-state index is 12.6. The van der Waals surface area contributed by atoms with Gasteiger partial charge in [-0.3, -0.25) is 9.78 Å². The van der Waals surface area contributed by atoms with Crippen LogP contribution in [0.1, 0.15) is 21.6 Å². The number of halogens is 1. The number of hydrogen-bond donors (Lipinski definition) is 1. The quantitative estimate of drug-likeness (QED) is 0.720. The average molecular weight is 399 g/mol. The lowest BCUT2D eigenvalue weighted by Gasteiger charge is -2.13. The van der Waals surface area contributed by atoms with Crippen molar-refractivity contribution in [1.29, 1.82) is 0 Å². The van der Waals surface area contributed by atoms with Gasteiger partial charge in [0.15, 0.2) is 0 Å². The molecule has 0 atom stereocenters. The highest BCUT2D eigenvalue weighted by Crippen LogP contribution is 2.27. The van der Waals surface area contributed by atoms with Gasteiger partial charge in [0.1, 0.15) is 22.9 Å². The lowest BCUT2D eigenvalue weighted by molar-refractivity contribution is 0.0976. The van der Waals surface area contributed by atoms with Gasteiger partial charge in [0.2, 0.25) is 0 Å². The smallest absolute Gasteiger partial charge is 0.283 e. The van der Waals surface area contributed by atoms with E-state index >= 15 is 0 Å². The van der Waals surface area contributed by atoms with Crippen LogP contribution in [0.15, 0.2) is 35.4 Å². The summed E-state index contributed by atoms with van der Waals surface area (Å²) in [4.78, 5) is 16.0. The van der Waals surface area contributed by atoms with Gasteiger partial charge in [-0.15, -0.1) is 0 Å². The number of rotatable bonds is 7. The van der Waals surface area contributed by atoms with Crippen molar-refractivity contribution in [3.8, 4) is 5.75 Å². The minimum absolute atomic E-state index is 0.000513. The van der Waals surface area contributed by atoms with Gasteiger partial charge in [0.05, 0.1) is 6.61 Å². The standard InChI is InChI=1S/C17H19ClN2O5S/c1-11-8-14(19-10-12(11)2)17(21)20-26(22,23)16-9-13(18)4-5-15(16)25-7-6-24-3/h4-5,8-10H,6-7H2,1-3H3,(H,20,21). The summed E-state index contributed by atoms with van der Waals surface area (Å²) in [6.07, 6.45) is 1.51. The number of methoxy groups -OCH3 is 1. The van der Waals surface area contributed by atoms with E-state index in [9.17, 15) is 13.2 Å². The normalized spacial score (nSPS) is 11.2. The van der Waals surface area contributed by atoms with Gasteiger partial charge in [-0.05, 0) is 49.2 Å². The van der Waals surface area contributed by atoms with E-state index in [4.69, 9.17) is 21.1 Å². The van der Waals surface area contributed by atoms with Crippen molar-refractivity contribution in [2.45, 2.75) is 18.7 Å². The van der Waals surface area contributed by atoms with Gasteiger partial charge in [-0.2, -0.15) is 0 Å². The van der Waals surface area contributed by atoms with E-state index in [2.05, 4.69) is 4.98 Å². The molecule has 1 N–H and O–H groups in total. The molecule has 26 heavy (non-hydrogen) atoms. The molecule has 0 aliphatic heterocycles. The Morgan fingerprint density at radius 3 is 2.58 bits per heavy atom. The molecular formula is C17H19ClN2O5S. The first-order valence-electron chi connectivity index (χ1n) is 7.66. The third-order valence-electron chi connectivity index (χ3n) is 3.57. The SMILES string of the molecule is COCCOc1ccc(Cl)cc1S(=O)(=O)NC(=O)c1cc(C)c(C)cn1. The highest BCUT2D eigenvalue weighted by molar-refractivity contribution is 7.90. The third kappa shape index (κ3) is 4.94. The first-order chi connectivity index (χ1) is 12.2. The van der Waals surface area contributed by atoms with Crippen LogP contribution in [0.5, 0.6) is 5.75 Å². The number of carbonyl (C=O) groups excluding carboxylic acids is 1. The number of hydrogen-bond acceptors (Lipinski definition) is 6. The lowest BCUT2D eigenvalue weighted by atomic mass is 10.1. The number of aryl methyl sites for hydroxylation is 2. The number of ether oxygens (including phenoxy) is 2. The highest BCUT2D eigenvalue weighted by atomic mass is 35.5. The van der Waals surface area contributed by atoms with Crippen LogP contribution in [0, 0.1) is 13.8 Å². The molecule has 0 unspecified atom stereocenters. The van der Waals surface area contributed by atoms with Gasteiger partial charge in [-0.1, -0.05) is 11.6 Å². The summed E-state index contributed by atoms with van der Waals surface area (Å²) in [6, 6.07) is 5.65. The molecule has 2 rings (SSSR count). The molecule has 0 radical (unpaired) electrons.